The molecule has 0 saturated carbocycles. The lowest BCUT2D eigenvalue weighted by Gasteiger charge is -2.37. The first kappa shape index (κ1) is 12.4. The van der Waals surface area contributed by atoms with Crippen LogP contribution in [0.25, 0.3) is 0 Å². The highest BCUT2D eigenvalue weighted by Crippen LogP contribution is 2.27. The van der Waals surface area contributed by atoms with E-state index in [1.807, 2.05) is 12.1 Å². The third-order valence-electron chi connectivity index (χ3n) is 3.05. The topological polar surface area (TPSA) is 66.8 Å². The molecular formula is C13H15NO4. The molecule has 1 saturated heterocycles. The molecule has 0 bridgehead atoms. The van der Waals surface area contributed by atoms with Gasteiger partial charge in [-0.05, 0) is 24.6 Å². The molecular weight excluding hydrogens is 234 g/mol. The van der Waals surface area contributed by atoms with Gasteiger partial charge in [-0.15, -0.1) is 0 Å². The summed E-state index contributed by atoms with van der Waals surface area (Å²) in [7, 11) is 0. The second-order valence-corrected chi connectivity index (χ2v) is 4.23. The van der Waals surface area contributed by atoms with E-state index in [1.165, 1.54) is 4.90 Å². The second-order valence-electron chi connectivity index (χ2n) is 4.23. The number of carbonyl (C=O) groups excluding carboxylic acids is 1. The summed E-state index contributed by atoms with van der Waals surface area (Å²) in [6.45, 7) is 3.17. The van der Waals surface area contributed by atoms with E-state index in [9.17, 15) is 9.59 Å². The van der Waals surface area contributed by atoms with Crippen LogP contribution < -0.4 is 0 Å². The number of ether oxygens (including phenoxy) is 1. The van der Waals surface area contributed by atoms with Crippen molar-refractivity contribution < 1.29 is 19.4 Å². The molecule has 5 nitrogen and oxygen atoms in total. The molecule has 1 amide bonds. The van der Waals surface area contributed by atoms with Crippen molar-refractivity contribution in [2.75, 3.05) is 19.7 Å². The summed E-state index contributed by atoms with van der Waals surface area (Å²) in [6, 6.07) is 7.15. The van der Waals surface area contributed by atoms with Gasteiger partial charge in [0.05, 0.1) is 12.2 Å². The lowest BCUT2D eigenvalue weighted by atomic mass is 9.91. The van der Waals surface area contributed by atoms with Crippen molar-refractivity contribution in [2.24, 2.45) is 0 Å². The summed E-state index contributed by atoms with van der Waals surface area (Å²) in [5.74, 6) is -0.0952. The molecule has 2 rings (SSSR count). The number of carbonyl (C=O) groups is 2. The fourth-order valence-corrected chi connectivity index (χ4v) is 1.95. The number of nitrogens with zero attached hydrogens (tertiary/aromatic N) is 1. The van der Waals surface area contributed by atoms with Gasteiger partial charge in [-0.3, -0.25) is 0 Å². The standard InChI is InChI=1S/C13H15NO4/c1-2-18-12(15)10-5-3-9(4-6-10)11-7-14(8-11)13(16)17/h3-6,11H,2,7-8H2,1H3,(H,16,17). The number of carboxylic acid groups (broad SMARTS) is 1. The Hall–Kier alpha value is -2.04. The van der Waals surface area contributed by atoms with E-state index in [2.05, 4.69) is 0 Å². The molecule has 0 unspecified atom stereocenters. The van der Waals surface area contributed by atoms with Gasteiger partial charge in [-0.1, -0.05) is 12.1 Å². The van der Waals surface area contributed by atoms with E-state index < -0.39 is 6.09 Å². The molecule has 0 spiro atoms. The minimum Gasteiger partial charge on any atom is -0.465 e. The van der Waals surface area contributed by atoms with Crippen molar-refractivity contribution in [1.82, 2.24) is 4.90 Å². The average Bonchev–Trinajstić information content (AvgIpc) is 2.27. The Balaban J connectivity index is 1.97. The molecule has 96 valence electrons. The number of esters is 1. The van der Waals surface area contributed by atoms with E-state index in [0.29, 0.717) is 25.3 Å². The minimum absolute atomic E-state index is 0.234. The minimum atomic E-state index is -0.880. The summed E-state index contributed by atoms with van der Waals surface area (Å²) in [6.07, 6.45) is -0.880. The highest BCUT2D eigenvalue weighted by atomic mass is 16.5. The molecule has 1 fully saturated rings. The molecule has 1 heterocycles. The molecule has 5 heteroatoms. The Morgan fingerprint density at radius 3 is 2.44 bits per heavy atom. The van der Waals surface area contributed by atoms with E-state index >= 15 is 0 Å². The Morgan fingerprint density at radius 1 is 1.33 bits per heavy atom. The third kappa shape index (κ3) is 2.45. The lowest BCUT2D eigenvalue weighted by molar-refractivity contribution is 0.0526. The first-order valence-corrected chi connectivity index (χ1v) is 5.86. The maximum Gasteiger partial charge on any atom is 0.407 e. The van der Waals surface area contributed by atoms with Gasteiger partial charge in [0.1, 0.15) is 0 Å². The van der Waals surface area contributed by atoms with E-state index in [4.69, 9.17) is 9.84 Å². The number of rotatable bonds is 3. The highest BCUT2D eigenvalue weighted by Gasteiger charge is 2.31. The molecule has 18 heavy (non-hydrogen) atoms. The molecule has 0 radical (unpaired) electrons. The molecule has 0 aliphatic carbocycles. The zero-order valence-corrected chi connectivity index (χ0v) is 10.1. The van der Waals surface area contributed by atoms with Gasteiger partial charge >= 0.3 is 12.1 Å². The maximum atomic E-state index is 11.4. The van der Waals surface area contributed by atoms with Crippen molar-refractivity contribution in [3.05, 3.63) is 35.4 Å². The molecule has 1 aromatic rings. The van der Waals surface area contributed by atoms with Crippen molar-refractivity contribution >= 4 is 12.1 Å². The summed E-state index contributed by atoms with van der Waals surface area (Å²) in [5, 5.41) is 8.74. The van der Waals surface area contributed by atoms with Gasteiger partial charge in [0.25, 0.3) is 0 Å². The molecule has 1 aliphatic heterocycles. The number of hydrogen-bond acceptors (Lipinski definition) is 3. The maximum absolute atomic E-state index is 11.4. The molecule has 1 aromatic carbocycles. The third-order valence-corrected chi connectivity index (χ3v) is 3.05. The Labute approximate surface area is 105 Å². The molecule has 0 atom stereocenters. The van der Waals surface area contributed by atoms with Crippen LogP contribution in [0.2, 0.25) is 0 Å². The monoisotopic (exact) mass is 249 g/mol. The van der Waals surface area contributed by atoms with Crippen molar-refractivity contribution in [2.45, 2.75) is 12.8 Å². The zero-order valence-electron chi connectivity index (χ0n) is 10.1. The second kappa shape index (κ2) is 5.08. The van der Waals surface area contributed by atoms with Crippen LogP contribution >= 0.6 is 0 Å². The normalized spacial score (nSPS) is 15.1. The first-order valence-electron chi connectivity index (χ1n) is 5.86. The van der Waals surface area contributed by atoms with E-state index in [1.54, 1.807) is 19.1 Å². The van der Waals surface area contributed by atoms with Gasteiger partial charge < -0.3 is 14.7 Å². The van der Waals surface area contributed by atoms with Gasteiger partial charge in [0.2, 0.25) is 0 Å². The summed E-state index contributed by atoms with van der Waals surface area (Å²) >= 11 is 0. The zero-order chi connectivity index (χ0) is 13.1. The predicted molar refractivity (Wildman–Crippen MR) is 64.7 cm³/mol. The van der Waals surface area contributed by atoms with Crippen molar-refractivity contribution in [3.8, 4) is 0 Å². The van der Waals surface area contributed by atoms with Gasteiger partial charge in [-0.2, -0.15) is 0 Å². The number of amides is 1. The average molecular weight is 249 g/mol. The number of benzene rings is 1. The molecule has 1 N–H and O–H groups in total. The first-order chi connectivity index (χ1) is 8.61. The Kier molecular flexibility index (Phi) is 3.50. The fraction of sp³-hybridized carbons (Fsp3) is 0.385. The van der Waals surface area contributed by atoms with Crippen LogP contribution in [0, 0.1) is 0 Å². The predicted octanol–water partition coefficient (Wildman–Crippen LogP) is 1.94. The quantitative estimate of drug-likeness (QED) is 0.831. The van der Waals surface area contributed by atoms with Crippen LogP contribution in [0.4, 0.5) is 4.79 Å². The van der Waals surface area contributed by atoms with Crippen LogP contribution in [0.5, 0.6) is 0 Å². The smallest absolute Gasteiger partial charge is 0.407 e. The van der Waals surface area contributed by atoms with Crippen LogP contribution in [0.3, 0.4) is 0 Å². The Bertz CT molecular complexity index is 449. The van der Waals surface area contributed by atoms with Crippen LogP contribution in [0.1, 0.15) is 28.8 Å². The van der Waals surface area contributed by atoms with E-state index in [0.717, 1.165) is 5.56 Å². The fourth-order valence-electron chi connectivity index (χ4n) is 1.95. The Morgan fingerprint density at radius 2 is 1.94 bits per heavy atom. The van der Waals surface area contributed by atoms with Crippen LogP contribution in [-0.2, 0) is 4.74 Å². The number of likely N-dealkylation sites (tertiary alicyclic amines) is 1. The molecule has 1 aliphatic rings. The summed E-state index contributed by atoms with van der Waals surface area (Å²) in [4.78, 5) is 23.4. The van der Waals surface area contributed by atoms with Crippen molar-refractivity contribution in [1.29, 1.82) is 0 Å². The summed E-state index contributed by atoms with van der Waals surface area (Å²) < 4.78 is 4.89. The van der Waals surface area contributed by atoms with E-state index in [-0.39, 0.29) is 11.9 Å². The molecule has 0 aromatic heterocycles. The van der Waals surface area contributed by atoms with Crippen molar-refractivity contribution in [3.63, 3.8) is 0 Å². The summed E-state index contributed by atoms with van der Waals surface area (Å²) in [5.41, 5.74) is 1.58. The van der Waals surface area contributed by atoms with Gasteiger partial charge in [0, 0.05) is 19.0 Å². The lowest BCUT2D eigenvalue weighted by Crippen LogP contribution is -2.47. The largest absolute Gasteiger partial charge is 0.465 e. The van der Waals surface area contributed by atoms with Gasteiger partial charge in [0.15, 0.2) is 0 Å². The van der Waals surface area contributed by atoms with Crippen LogP contribution in [-0.4, -0.2) is 41.8 Å². The SMILES string of the molecule is CCOC(=O)c1ccc(C2CN(C(=O)O)C2)cc1. The number of hydrogen-bond donors (Lipinski definition) is 1. The highest BCUT2D eigenvalue weighted by molar-refractivity contribution is 5.89. The van der Waals surface area contributed by atoms with Crippen LogP contribution in [0.15, 0.2) is 24.3 Å². The van der Waals surface area contributed by atoms with Gasteiger partial charge in [-0.25, -0.2) is 9.59 Å².